The fourth-order valence-corrected chi connectivity index (χ4v) is 1.88. The number of nitrogens with zero attached hydrogens (tertiary/aromatic N) is 3. The van der Waals surface area contributed by atoms with Crippen molar-refractivity contribution < 1.29 is 4.42 Å². The third-order valence-electron chi connectivity index (χ3n) is 2.32. The van der Waals surface area contributed by atoms with Crippen LogP contribution in [0.5, 0.6) is 0 Å². The monoisotopic (exact) mass is 365 g/mol. The summed E-state index contributed by atoms with van der Waals surface area (Å²) in [5, 5.41) is 0.214. The summed E-state index contributed by atoms with van der Waals surface area (Å²) in [6.45, 7) is 3.95. The van der Waals surface area contributed by atoms with Gasteiger partial charge in [0.25, 0.3) is 5.56 Å². The highest BCUT2D eigenvalue weighted by Gasteiger charge is 2.10. The Labute approximate surface area is 116 Å². The Morgan fingerprint density at radius 3 is 2.82 bits per heavy atom. The number of aromatic nitrogens is 3. The van der Waals surface area contributed by atoms with Crippen molar-refractivity contribution in [1.29, 1.82) is 0 Å². The molecule has 2 aromatic rings. The van der Waals surface area contributed by atoms with Crippen molar-refractivity contribution in [2.24, 2.45) is 0 Å². The van der Waals surface area contributed by atoms with Crippen LogP contribution < -0.4 is 5.56 Å². The van der Waals surface area contributed by atoms with E-state index in [1.165, 1.54) is 10.9 Å². The fourth-order valence-electron chi connectivity index (χ4n) is 1.31. The largest absolute Gasteiger partial charge is 0.444 e. The minimum absolute atomic E-state index is 0.195. The number of halogens is 2. The van der Waals surface area contributed by atoms with Crippen molar-refractivity contribution in [2.75, 3.05) is 0 Å². The first kappa shape index (κ1) is 12.6. The Kier molecular flexibility index (Phi) is 3.53. The van der Waals surface area contributed by atoms with Crippen molar-refractivity contribution in [3.63, 3.8) is 0 Å². The molecule has 90 valence electrons. The molecule has 0 unspecified atom stereocenters. The van der Waals surface area contributed by atoms with Crippen LogP contribution >= 0.6 is 34.2 Å². The molecule has 0 bridgehead atoms. The van der Waals surface area contributed by atoms with Crippen LogP contribution in [0.25, 0.3) is 0 Å². The third kappa shape index (κ3) is 2.52. The number of aryl methyl sites for hydroxylation is 2. The molecular formula is C10H9ClIN3O2. The normalized spacial score (nSPS) is 10.8. The van der Waals surface area contributed by atoms with Gasteiger partial charge in [-0.3, -0.25) is 9.36 Å². The molecule has 0 aliphatic heterocycles. The molecule has 7 heteroatoms. The molecule has 17 heavy (non-hydrogen) atoms. The van der Waals surface area contributed by atoms with Crippen LogP contribution in [0.4, 0.5) is 0 Å². The van der Waals surface area contributed by atoms with E-state index in [4.69, 9.17) is 16.0 Å². The molecule has 2 rings (SSSR count). The van der Waals surface area contributed by atoms with E-state index in [9.17, 15) is 4.79 Å². The molecule has 0 fully saturated rings. The van der Waals surface area contributed by atoms with Gasteiger partial charge < -0.3 is 4.42 Å². The Hall–Kier alpha value is -0.890. The Morgan fingerprint density at radius 1 is 1.53 bits per heavy atom. The molecule has 0 amide bonds. The summed E-state index contributed by atoms with van der Waals surface area (Å²) in [7, 11) is 0. The number of hydrogen-bond acceptors (Lipinski definition) is 4. The first-order valence-corrected chi connectivity index (χ1v) is 6.28. The van der Waals surface area contributed by atoms with Crippen LogP contribution in [-0.2, 0) is 6.54 Å². The molecule has 0 saturated heterocycles. The summed E-state index contributed by atoms with van der Waals surface area (Å²) in [6, 6.07) is 0. The second-order valence-corrected chi connectivity index (χ2v) is 4.97. The smallest absolute Gasteiger partial charge is 0.268 e. The first-order chi connectivity index (χ1) is 7.99. The quantitative estimate of drug-likeness (QED) is 0.604. The molecule has 2 aromatic heterocycles. The van der Waals surface area contributed by atoms with Crippen LogP contribution in [0.15, 0.2) is 15.5 Å². The number of oxazole rings is 1. The third-order valence-corrected chi connectivity index (χ3v) is 3.90. The lowest BCUT2D eigenvalue weighted by Crippen LogP contribution is -2.23. The zero-order valence-corrected chi connectivity index (χ0v) is 12.1. The van der Waals surface area contributed by atoms with Gasteiger partial charge in [0.1, 0.15) is 21.0 Å². The predicted octanol–water partition coefficient (Wildman–Crippen LogP) is 2.15. The lowest BCUT2D eigenvalue weighted by Gasteiger charge is -2.02. The summed E-state index contributed by atoms with van der Waals surface area (Å²) in [4.78, 5) is 20.0. The van der Waals surface area contributed by atoms with Gasteiger partial charge in [-0.05, 0) is 36.4 Å². The molecule has 0 radical (unpaired) electrons. The van der Waals surface area contributed by atoms with Crippen molar-refractivity contribution in [1.82, 2.24) is 14.5 Å². The van der Waals surface area contributed by atoms with E-state index in [-0.39, 0.29) is 17.3 Å². The van der Waals surface area contributed by atoms with E-state index >= 15 is 0 Å². The zero-order valence-electron chi connectivity index (χ0n) is 9.20. The van der Waals surface area contributed by atoms with E-state index < -0.39 is 0 Å². The Balaban J connectivity index is 2.37. The maximum absolute atomic E-state index is 11.8. The van der Waals surface area contributed by atoms with Gasteiger partial charge in [-0.25, -0.2) is 9.97 Å². The van der Waals surface area contributed by atoms with Crippen molar-refractivity contribution in [2.45, 2.75) is 20.4 Å². The molecular weight excluding hydrogens is 356 g/mol. The molecule has 0 atom stereocenters. The number of hydrogen-bond donors (Lipinski definition) is 0. The average molecular weight is 366 g/mol. The molecule has 0 aliphatic rings. The van der Waals surface area contributed by atoms with Crippen LogP contribution in [0.1, 0.15) is 17.3 Å². The van der Waals surface area contributed by atoms with Gasteiger partial charge in [0.2, 0.25) is 5.89 Å². The van der Waals surface area contributed by atoms with E-state index in [0.29, 0.717) is 9.46 Å². The van der Waals surface area contributed by atoms with Crippen molar-refractivity contribution in [3.05, 3.63) is 42.7 Å². The molecule has 0 N–H and O–H groups in total. The zero-order chi connectivity index (χ0) is 12.6. The summed E-state index contributed by atoms with van der Waals surface area (Å²) < 4.78 is 7.22. The van der Waals surface area contributed by atoms with Gasteiger partial charge in [-0.1, -0.05) is 11.6 Å². The molecule has 5 nitrogen and oxygen atoms in total. The second-order valence-electron chi connectivity index (χ2n) is 3.53. The summed E-state index contributed by atoms with van der Waals surface area (Å²) >= 11 is 7.62. The summed E-state index contributed by atoms with van der Waals surface area (Å²) in [6.07, 6.45) is 1.39. The predicted molar refractivity (Wildman–Crippen MR) is 71.3 cm³/mol. The second kappa shape index (κ2) is 4.77. The minimum atomic E-state index is -0.195. The fraction of sp³-hybridized carbons (Fsp3) is 0.300. The van der Waals surface area contributed by atoms with Gasteiger partial charge in [0.15, 0.2) is 0 Å². The highest BCUT2D eigenvalue weighted by Crippen LogP contribution is 2.11. The van der Waals surface area contributed by atoms with Crippen LogP contribution in [0.2, 0.25) is 5.15 Å². The minimum Gasteiger partial charge on any atom is -0.444 e. The lowest BCUT2D eigenvalue weighted by molar-refractivity contribution is 0.452. The lowest BCUT2D eigenvalue weighted by atomic mass is 10.4. The van der Waals surface area contributed by atoms with Crippen LogP contribution in [0, 0.1) is 17.4 Å². The van der Waals surface area contributed by atoms with Gasteiger partial charge in [-0.2, -0.15) is 0 Å². The summed E-state index contributed by atoms with van der Waals surface area (Å²) in [5.74, 6) is 1.24. The SMILES string of the molecule is Cc1nc(Cn2cnc(Cl)c(I)c2=O)oc1C. The first-order valence-electron chi connectivity index (χ1n) is 4.82. The van der Waals surface area contributed by atoms with Crippen LogP contribution in [-0.4, -0.2) is 14.5 Å². The molecule has 0 aliphatic carbocycles. The maximum Gasteiger partial charge on any atom is 0.268 e. The van der Waals surface area contributed by atoms with Gasteiger partial charge in [-0.15, -0.1) is 0 Å². The molecule has 0 spiro atoms. The topological polar surface area (TPSA) is 60.9 Å². The highest BCUT2D eigenvalue weighted by atomic mass is 127. The number of rotatable bonds is 2. The van der Waals surface area contributed by atoms with Crippen LogP contribution in [0.3, 0.4) is 0 Å². The maximum atomic E-state index is 11.8. The van der Waals surface area contributed by atoms with E-state index in [1.807, 2.05) is 36.4 Å². The van der Waals surface area contributed by atoms with Gasteiger partial charge in [0.05, 0.1) is 12.0 Å². The molecule has 2 heterocycles. The van der Waals surface area contributed by atoms with E-state index in [0.717, 1.165) is 11.5 Å². The van der Waals surface area contributed by atoms with E-state index in [2.05, 4.69) is 9.97 Å². The van der Waals surface area contributed by atoms with Gasteiger partial charge >= 0.3 is 0 Å². The van der Waals surface area contributed by atoms with E-state index in [1.54, 1.807) is 0 Å². The van der Waals surface area contributed by atoms with Crippen molar-refractivity contribution in [3.8, 4) is 0 Å². The Bertz CT molecular complexity index is 601. The standard InChI is InChI=1S/C10H9ClIN3O2/c1-5-6(2)17-7(14-5)3-15-4-13-9(11)8(12)10(15)16/h4H,3H2,1-2H3. The Morgan fingerprint density at radius 2 is 2.24 bits per heavy atom. The summed E-state index contributed by atoms with van der Waals surface area (Å²) in [5.41, 5.74) is 0.628. The molecule has 0 saturated carbocycles. The highest BCUT2D eigenvalue weighted by molar-refractivity contribution is 14.1. The van der Waals surface area contributed by atoms with Crippen molar-refractivity contribution >= 4 is 34.2 Å². The van der Waals surface area contributed by atoms with Gasteiger partial charge in [0, 0.05) is 0 Å². The molecule has 0 aromatic carbocycles. The average Bonchev–Trinajstić information content (AvgIpc) is 2.59.